The van der Waals surface area contributed by atoms with Gasteiger partial charge in [0.2, 0.25) is 21.8 Å². The second kappa shape index (κ2) is 9.08. The Hall–Kier alpha value is -2.56. The van der Waals surface area contributed by atoms with Crippen LogP contribution in [0.4, 0.5) is 5.69 Å². The summed E-state index contributed by atoms with van der Waals surface area (Å²) in [5.41, 5.74) is 0.775. The molecule has 1 unspecified atom stereocenters. The van der Waals surface area contributed by atoms with Crippen LogP contribution in [-0.4, -0.2) is 43.6 Å². The van der Waals surface area contributed by atoms with Crippen molar-refractivity contribution in [2.75, 3.05) is 11.4 Å². The maximum atomic E-state index is 13.8. The molecule has 0 aromatic heterocycles. The van der Waals surface area contributed by atoms with E-state index < -0.39 is 22.0 Å². The third kappa shape index (κ3) is 4.62. The lowest BCUT2D eigenvalue weighted by atomic mass is 10.0. The van der Waals surface area contributed by atoms with E-state index in [1.54, 1.807) is 41.3 Å². The number of hydrogen-bond donors (Lipinski definition) is 1. The third-order valence-electron chi connectivity index (χ3n) is 8.03. The average molecular weight is 577 g/mol. The Morgan fingerprint density at radius 3 is 2.08 bits per heavy atom. The number of imide groups is 1. The molecule has 1 aliphatic carbocycles. The second-order valence-corrected chi connectivity index (χ2v) is 13.1. The number of anilines is 1. The summed E-state index contributed by atoms with van der Waals surface area (Å²) in [5, 5.41) is 5.18. The Bertz CT molecular complexity index is 1310. The summed E-state index contributed by atoms with van der Waals surface area (Å²) in [4.78, 5) is 43.0. The van der Waals surface area contributed by atoms with Crippen molar-refractivity contribution in [2.45, 2.75) is 51.5 Å². The summed E-state index contributed by atoms with van der Waals surface area (Å²) >= 11 is 3.36. The topological polar surface area (TPSA) is 118 Å². The van der Waals surface area contributed by atoms with Gasteiger partial charge >= 0.3 is 0 Å². The first-order valence-electron chi connectivity index (χ1n) is 11.7. The molecule has 1 saturated heterocycles. The number of rotatable bonds is 7. The van der Waals surface area contributed by atoms with Crippen LogP contribution in [0.1, 0.15) is 39.7 Å². The molecule has 36 heavy (non-hydrogen) atoms. The van der Waals surface area contributed by atoms with Crippen molar-refractivity contribution in [3.8, 4) is 0 Å². The smallest absolute Gasteiger partial charge is 0.257 e. The minimum absolute atomic E-state index is 0.00219. The standard InChI is InChI=1S/C26H30BrN3O5S/c1-25(2)22(26(25,3)4)24(33)29(14-13-16-5-11-19(12-6-16)36(28,34)35)20-15-21(31)30(23(20)32)18-9-7-17(27)8-10-18/h5-12,20,22H,13-15H2,1-4H3,(H2,28,34,35). The zero-order valence-electron chi connectivity index (χ0n) is 20.7. The first-order valence-corrected chi connectivity index (χ1v) is 14.0. The molecule has 1 heterocycles. The van der Waals surface area contributed by atoms with Crippen LogP contribution in [0.25, 0.3) is 0 Å². The normalized spacial score (nSPS) is 21.1. The van der Waals surface area contributed by atoms with Crippen molar-refractivity contribution in [1.29, 1.82) is 0 Å². The maximum absolute atomic E-state index is 13.8. The predicted octanol–water partition coefficient (Wildman–Crippen LogP) is 3.48. The lowest BCUT2D eigenvalue weighted by Crippen LogP contribution is -2.47. The highest BCUT2D eigenvalue weighted by molar-refractivity contribution is 9.10. The summed E-state index contributed by atoms with van der Waals surface area (Å²) in [5.74, 6) is -1.19. The summed E-state index contributed by atoms with van der Waals surface area (Å²) in [6.45, 7) is 8.37. The molecular weight excluding hydrogens is 546 g/mol. The number of primary sulfonamides is 1. The fourth-order valence-corrected chi connectivity index (χ4v) is 6.00. The van der Waals surface area contributed by atoms with Crippen molar-refractivity contribution < 1.29 is 22.8 Å². The van der Waals surface area contributed by atoms with E-state index in [-0.39, 0.29) is 46.4 Å². The van der Waals surface area contributed by atoms with Crippen LogP contribution in [0.5, 0.6) is 0 Å². The van der Waals surface area contributed by atoms with E-state index in [1.165, 1.54) is 12.1 Å². The number of carbonyl (C=O) groups excluding carboxylic acids is 3. The molecule has 10 heteroatoms. The van der Waals surface area contributed by atoms with Gasteiger partial charge in [0.25, 0.3) is 5.91 Å². The van der Waals surface area contributed by atoms with Gasteiger partial charge < -0.3 is 4.90 Å². The van der Waals surface area contributed by atoms with E-state index >= 15 is 0 Å². The van der Waals surface area contributed by atoms with Gasteiger partial charge in [0.15, 0.2) is 0 Å². The molecule has 1 saturated carbocycles. The molecular formula is C26H30BrN3O5S. The Morgan fingerprint density at radius 1 is 1.03 bits per heavy atom. The molecule has 1 atom stereocenters. The number of sulfonamides is 1. The quantitative estimate of drug-likeness (QED) is 0.507. The van der Waals surface area contributed by atoms with Gasteiger partial charge in [-0.2, -0.15) is 0 Å². The Kier molecular flexibility index (Phi) is 6.68. The average Bonchev–Trinajstić information content (AvgIpc) is 3.02. The maximum Gasteiger partial charge on any atom is 0.257 e. The van der Waals surface area contributed by atoms with Crippen molar-refractivity contribution in [2.24, 2.45) is 21.9 Å². The highest BCUT2D eigenvalue weighted by Gasteiger charge is 2.69. The molecule has 1 aliphatic heterocycles. The van der Waals surface area contributed by atoms with E-state index in [2.05, 4.69) is 15.9 Å². The van der Waals surface area contributed by atoms with Crippen molar-refractivity contribution >= 4 is 49.4 Å². The molecule has 8 nitrogen and oxygen atoms in total. The molecule has 0 bridgehead atoms. The number of hydrogen-bond acceptors (Lipinski definition) is 5. The van der Waals surface area contributed by atoms with Crippen LogP contribution in [0.15, 0.2) is 57.9 Å². The zero-order chi connectivity index (χ0) is 26.6. The van der Waals surface area contributed by atoms with Gasteiger partial charge in [0, 0.05) is 16.9 Å². The molecule has 2 N–H and O–H groups in total. The molecule has 2 aromatic carbocycles. The van der Waals surface area contributed by atoms with Crippen LogP contribution in [0.3, 0.4) is 0 Å². The van der Waals surface area contributed by atoms with Crippen molar-refractivity contribution in [3.05, 3.63) is 58.6 Å². The number of halogens is 1. The van der Waals surface area contributed by atoms with E-state index in [4.69, 9.17) is 5.14 Å². The lowest BCUT2D eigenvalue weighted by molar-refractivity contribution is -0.140. The summed E-state index contributed by atoms with van der Waals surface area (Å²) in [6.07, 6.45) is 0.305. The van der Waals surface area contributed by atoms with Gasteiger partial charge in [-0.3, -0.25) is 14.4 Å². The van der Waals surface area contributed by atoms with E-state index in [0.29, 0.717) is 12.1 Å². The summed E-state index contributed by atoms with van der Waals surface area (Å²) < 4.78 is 23.9. The minimum Gasteiger partial charge on any atom is -0.329 e. The molecule has 0 spiro atoms. The minimum atomic E-state index is -3.81. The number of amides is 3. The Balaban J connectivity index is 1.61. The molecule has 192 valence electrons. The molecule has 3 amide bonds. The fraction of sp³-hybridized carbons (Fsp3) is 0.423. The number of nitrogens with zero attached hydrogens (tertiary/aromatic N) is 2. The molecule has 0 radical (unpaired) electrons. The van der Waals surface area contributed by atoms with E-state index in [9.17, 15) is 22.8 Å². The van der Waals surface area contributed by atoms with Crippen LogP contribution >= 0.6 is 15.9 Å². The van der Waals surface area contributed by atoms with Gasteiger partial charge in [-0.05, 0) is 59.2 Å². The van der Waals surface area contributed by atoms with Crippen LogP contribution in [0.2, 0.25) is 0 Å². The van der Waals surface area contributed by atoms with Crippen LogP contribution in [0, 0.1) is 16.7 Å². The zero-order valence-corrected chi connectivity index (χ0v) is 23.1. The van der Waals surface area contributed by atoms with Gasteiger partial charge in [-0.1, -0.05) is 55.8 Å². The molecule has 2 aromatic rings. The number of carbonyl (C=O) groups is 3. The SMILES string of the molecule is CC1(C)C(C(=O)N(CCc2ccc(S(N)(=O)=O)cc2)C2CC(=O)N(c3ccc(Br)cc3)C2=O)C1(C)C. The van der Waals surface area contributed by atoms with Gasteiger partial charge in [-0.25, -0.2) is 18.5 Å². The monoisotopic (exact) mass is 575 g/mol. The lowest BCUT2D eigenvalue weighted by Gasteiger charge is -2.29. The van der Waals surface area contributed by atoms with E-state index in [0.717, 1.165) is 14.9 Å². The number of benzene rings is 2. The fourth-order valence-electron chi connectivity index (χ4n) is 5.22. The highest BCUT2D eigenvalue weighted by Crippen LogP contribution is 2.69. The van der Waals surface area contributed by atoms with Gasteiger partial charge in [0.1, 0.15) is 6.04 Å². The molecule has 2 fully saturated rings. The highest BCUT2D eigenvalue weighted by atomic mass is 79.9. The van der Waals surface area contributed by atoms with Gasteiger partial charge in [0.05, 0.1) is 17.0 Å². The van der Waals surface area contributed by atoms with Crippen molar-refractivity contribution in [3.63, 3.8) is 0 Å². The Morgan fingerprint density at radius 2 is 1.58 bits per heavy atom. The van der Waals surface area contributed by atoms with E-state index in [1.807, 2.05) is 27.7 Å². The summed E-state index contributed by atoms with van der Waals surface area (Å²) in [6, 6.07) is 12.1. The first-order chi connectivity index (χ1) is 16.7. The predicted molar refractivity (Wildman–Crippen MR) is 139 cm³/mol. The molecule has 4 rings (SSSR count). The summed E-state index contributed by atoms with van der Waals surface area (Å²) in [7, 11) is -3.81. The molecule has 2 aliphatic rings. The second-order valence-electron chi connectivity index (χ2n) is 10.6. The first kappa shape index (κ1) is 26.5. The third-order valence-corrected chi connectivity index (χ3v) is 9.49. The number of nitrogens with two attached hydrogens (primary N) is 1. The largest absolute Gasteiger partial charge is 0.329 e. The van der Waals surface area contributed by atoms with Gasteiger partial charge in [-0.15, -0.1) is 0 Å². The van der Waals surface area contributed by atoms with Crippen LogP contribution < -0.4 is 10.0 Å². The van der Waals surface area contributed by atoms with Crippen LogP contribution in [-0.2, 0) is 30.8 Å². The van der Waals surface area contributed by atoms with Crippen molar-refractivity contribution in [1.82, 2.24) is 4.90 Å². The Labute approximate surface area is 220 Å².